The number of rotatable bonds is 3. The molecule has 0 saturated carbocycles. The fourth-order valence-corrected chi connectivity index (χ4v) is 3.64. The number of carbonyl (C=O) groups is 2. The average molecular weight is 405 g/mol. The highest BCUT2D eigenvalue weighted by Gasteiger charge is 2.55. The lowest BCUT2D eigenvalue weighted by atomic mass is 9.84. The Morgan fingerprint density at radius 1 is 0.966 bits per heavy atom. The van der Waals surface area contributed by atoms with Gasteiger partial charge < -0.3 is 19.1 Å². The lowest BCUT2D eigenvalue weighted by Crippen LogP contribution is -2.47. The molecule has 2 aliphatic rings. The van der Waals surface area contributed by atoms with Crippen LogP contribution >= 0.6 is 0 Å². The van der Waals surface area contributed by atoms with E-state index in [2.05, 4.69) is 9.88 Å². The van der Waals surface area contributed by atoms with E-state index in [-0.39, 0.29) is 12.8 Å². The standard InChI is InChI=1S/C22H32N2O5/c1-20(2,3)28-18(25)22(19(26)29-21(4,5)6)12-15-11-17(23-14-16(15)13-22)24-7-9-27-10-8-24/h11,14H,7-10,12-13H2,1-6H3. The molecule has 1 aliphatic heterocycles. The van der Waals surface area contributed by atoms with Crippen molar-refractivity contribution in [1.29, 1.82) is 0 Å². The van der Waals surface area contributed by atoms with E-state index >= 15 is 0 Å². The van der Waals surface area contributed by atoms with E-state index < -0.39 is 28.6 Å². The van der Waals surface area contributed by atoms with Crippen LogP contribution in [-0.4, -0.2) is 54.4 Å². The quantitative estimate of drug-likeness (QED) is 0.566. The predicted octanol–water partition coefficient (Wildman–Crippen LogP) is 2.69. The zero-order valence-corrected chi connectivity index (χ0v) is 18.3. The van der Waals surface area contributed by atoms with Crippen molar-refractivity contribution in [2.75, 3.05) is 31.2 Å². The summed E-state index contributed by atoms with van der Waals surface area (Å²) in [4.78, 5) is 33.1. The summed E-state index contributed by atoms with van der Waals surface area (Å²) >= 11 is 0. The normalized spacial score (nSPS) is 18.9. The molecule has 1 aromatic heterocycles. The van der Waals surface area contributed by atoms with Crippen molar-refractivity contribution in [3.8, 4) is 0 Å². The van der Waals surface area contributed by atoms with Gasteiger partial charge in [-0.15, -0.1) is 0 Å². The summed E-state index contributed by atoms with van der Waals surface area (Å²) in [7, 11) is 0. The Kier molecular flexibility index (Phi) is 5.64. The molecule has 0 radical (unpaired) electrons. The maximum Gasteiger partial charge on any atom is 0.324 e. The summed E-state index contributed by atoms with van der Waals surface area (Å²) in [5.41, 5.74) is -0.943. The number of anilines is 1. The molecule has 1 aromatic rings. The molecule has 0 N–H and O–H groups in total. The Bertz CT molecular complexity index is 757. The van der Waals surface area contributed by atoms with E-state index in [0.29, 0.717) is 13.2 Å². The van der Waals surface area contributed by atoms with Gasteiger partial charge in [-0.05, 0) is 65.2 Å². The highest BCUT2D eigenvalue weighted by atomic mass is 16.6. The van der Waals surface area contributed by atoms with E-state index in [1.54, 1.807) is 47.7 Å². The second kappa shape index (κ2) is 7.59. The molecule has 3 rings (SSSR count). The van der Waals surface area contributed by atoms with Gasteiger partial charge in [-0.2, -0.15) is 0 Å². The Labute approximate surface area is 172 Å². The highest BCUT2D eigenvalue weighted by Crippen LogP contribution is 2.41. The van der Waals surface area contributed by atoms with Crippen molar-refractivity contribution in [2.45, 2.75) is 65.6 Å². The molecule has 0 spiro atoms. The molecule has 0 unspecified atom stereocenters. The first-order valence-corrected chi connectivity index (χ1v) is 10.2. The summed E-state index contributed by atoms with van der Waals surface area (Å²) in [5, 5.41) is 0. The molecule has 160 valence electrons. The largest absolute Gasteiger partial charge is 0.459 e. The SMILES string of the molecule is CC(C)(C)OC(=O)C1(C(=O)OC(C)(C)C)Cc2cnc(N3CCOCC3)cc2C1. The Morgan fingerprint density at radius 3 is 2.00 bits per heavy atom. The first-order valence-electron chi connectivity index (χ1n) is 10.2. The van der Waals surface area contributed by atoms with Gasteiger partial charge in [0.25, 0.3) is 0 Å². The molecule has 0 atom stereocenters. The molecule has 1 fully saturated rings. The van der Waals surface area contributed by atoms with Crippen LogP contribution in [0.1, 0.15) is 52.7 Å². The van der Waals surface area contributed by atoms with Crippen LogP contribution in [0.3, 0.4) is 0 Å². The summed E-state index contributed by atoms with van der Waals surface area (Å²) in [6.07, 6.45) is 2.27. The van der Waals surface area contributed by atoms with Crippen molar-refractivity contribution in [1.82, 2.24) is 4.98 Å². The van der Waals surface area contributed by atoms with Crippen LogP contribution in [-0.2, 0) is 36.6 Å². The third kappa shape index (κ3) is 4.89. The Morgan fingerprint density at radius 2 is 1.48 bits per heavy atom. The van der Waals surface area contributed by atoms with Crippen LogP contribution in [0.15, 0.2) is 12.3 Å². The second-order valence-electron chi connectivity index (χ2n) is 9.85. The maximum atomic E-state index is 13.2. The minimum Gasteiger partial charge on any atom is -0.459 e. The van der Waals surface area contributed by atoms with Gasteiger partial charge in [0.05, 0.1) is 13.2 Å². The van der Waals surface area contributed by atoms with Crippen LogP contribution in [0.2, 0.25) is 0 Å². The van der Waals surface area contributed by atoms with E-state index in [9.17, 15) is 9.59 Å². The van der Waals surface area contributed by atoms with Gasteiger partial charge >= 0.3 is 11.9 Å². The summed E-state index contributed by atoms with van der Waals surface area (Å²) in [6.45, 7) is 13.7. The minimum absolute atomic E-state index is 0.239. The zero-order valence-electron chi connectivity index (χ0n) is 18.3. The van der Waals surface area contributed by atoms with E-state index in [1.165, 1.54) is 0 Å². The Balaban J connectivity index is 1.92. The van der Waals surface area contributed by atoms with Crippen molar-refractivity contribution >= 4 is 17.8 Å². The van der Waals surface area contributed by atoms with Crippen LogP contribution < -0.4 is 4.90 Å². The number of esters is 2. The first-order chi connectivity index (χ1) is 13.4. The number of morpholine rings is 1. The van der Waals surface area contributed by atoms with Crippen LogP contribution in [0.5, 0.6) is 0 Å². The second-order valence-corrected chi connectivity index (χ2v) is 9.85. The van der Waals surface area contributed by atoms with Gasteiger partial charge in [-0.1, -0.05) is 0 Å². The lowest BCUT2D eigenvalue weighted by Gasteiger charge is -2.32. The van der Waals surface area contributed by atoms with Crippen LogP contribution in [0.4, 0.5) is 5.82 Å². The number of ether oxygens (including phenoxy) is 3. The summed E-state index contributed by atoms with van der Waals surface area (Å²) in [6, 6.07) is 1.98. The molecule has 1 aliphatic carbocycles. The van der Waals surface area contributed by atoms with Crippen molar-refractivity contribution in [3.63, 3.8) is 0 Å². The zero-order chi connectivity index (χ0) is 21.4. The monoisotopic (exact) mass is 404 g/mol. The van der Waals surface area contributed by atoms with E-state index in [0.717, 1.165) is 30.0 Å². The summed E-state index contributed by atoms with van der Waals surface area (Å²) in [5.74, 6) is -0.233. The molecule has 29 heavy (non-hydrogen) atoms. The van der Waals surface area contributed by atoms with Crippen molar-refractivity contribution in [3.05, 3.63) is 23.4 Å². The molecule has 1 saturated heterocycles. The van der Waals surface area contributed by atoms with E-state index in [1.807, 2.05) is 6.07 Å². The third-order valence-electron chi connectivity index (χ3n) is 4.97. The van der Waals surface area contributed by atoms with Gasteiger partial charge in [0.1, 0.15) is 17.0 Å². The lowest BCUT2D eigenvalue weighted by molar-refractivity contribution is -0.184. The molecule has 2 heterocycles. The molecule has 7 heteroatoms. The smallest absolute Gasteiger partial charge is 0.324 e. The number of fused-ring (bicyclic) bond motifs is 1. The molecule has 0 aromatic carbocycles. The third-order valence-corrected chi connectivity index (χ3v) is 4.97. The molecular weight excluding hydrogens is 372 g/mol. The minimum atomic E-state index is -1.38. The van der Waals surface area contributed by atoms with Gasteiger partial charge in [0, 0.05) is 25.7 Å². The molecular formula is C22H32N2O5. The van der Waals surface area contributed by atoms with Gasteiger partial charge in [-0.3, -0.25) is 9.59 Å². The van der Waals surface area contributed by atoms with Gasteiger partial charge in [0.2, 0.25) is 0 Å². The number of nitrogens with zero attached hydrogens (tertiary/aromatic N) is 2. The Hall–Kier alpha value is -2.15. The number of carbonyl (C=O) groups excluding carboxylic acids is 2. The number of aromatic nitrogens is 1. The highest BCUT2D eigenvalue weighted by molar-refractivity contribution is 6.02. The first kappa shape index (κ1) is 21.6. The number of pyridine rings is 1. The molecule has 0 amide bonds. The fourth-order valence-electron chi connectivity index (χ4n) is 3.64. The fraction of sp³-hybridized carbons (Fsp3) is 0.682. The maximum absolute atomic E-state index is 13.2. The predicted molar refractivity (Wildman–Crippen MR) is 109 cm³/mol. The number of hydrogen-bond acceptors (Lipinski definition) is 7. The molecule has 0 bridgehead atoms. The van der Waals surface area contributed by atoms with Gasteiger partial charge in [0.15, 0.2) is 5.41 Å². The van der Waals surface area contributed by atoms with Crippen molar-refractivity contribution < 1.29 is 23.8 Å². The van der Waals surface area contributed by atoms with E-state index in [4.69, 9.17) is 14.2 Å². The van der Waals surface area contributed by atoms with Crippen LogP contribution in [0.25, 0.3) is 0 Å². The topological polar surface area (TPSA) is 78.0 Å². The van der Waals surface area contributed by atoms with Crippen molar-refractivity contribution in [2.24, 2.45) is 5.41 Å². The molecule has 7 nitrogen and oxygen atoms in total. The average Bonchev–Trinajstić information content (AvgIpc) is 3.00. The van der Waals surface area contributed by atoms with Crippen LogP contribution in [0, 0.1) is 5.41 Å². The summed E-state index contributed by atoms with van der Waals surface area (Å²) < 4.78 is 16.7. The van der Waals surface area contributed by atoms with Gasteiger partial charge in [-0.25, -0.2) is 4.98 Å². The number of hydrogen-bond donors (Lipinski definition) is 0.